The van der Waals surface area contributed by atoms with Crippen LogP contribution in [0.5, 0.6) is 0 Å². The van der Waals surface area contributed by atoms with E-state index < -0.39 is 0 Å². The van der Waals surface area contributed by atoms with E-state index in [-0.39, 0.29) is 5.91 Å². The minimum absolute atomic E-state index is 0.0108. The summed E-state index contributed by atoms with van der Waals surface area (Å²) in [6, 6.07) is 10.0. The van der Waals surface area contributed by atoms with E-state index in [1.54, 1.807) is 12.3 Å². The summed E-state index contributed by atoms with van der Waals surface area (Å²) in [4.78, 5) is 18.8. The predicted octanol–water partition coefficient (Wildman–Crippen LogP) is 4.70. The zero-order chi connectivity index (χ0) is 17.5. The van der Waals surface area contributed by atoms with Gasteiger partial charge < -0.3 is 10.2 Å². The first-order valence-corrected chi connectivity index (χ1v) is 8.64. The summed E-state index contributed by atoms with van der Waals surface area (Å²) in [6.07, 6.45) is 3.64. The maximum atomic E-state index is 12.5. The molecule has 0 spiro atoms. The number of anilines is 2. The number of hydrogen-bond donors (Lipinski definition) is 1. The number of benzene rings is 1. The molecular weight excluding hydrogens is 298 g/mol. The third-order valence-corrected chi connectivity index (χ3v) is 3.77. The molecule has 2 aromatic rings. The van der Waals surface area contributed by atoms with Crippen LogP contribution in [-0.2, 0) is 0 Å². The molecule has 2 rings (SSSR count). The molecule has 24 heavy (non-hydrogen) atoms. The van der Waals surface area contributed by atoms with Crippen LogP contribution in [0.15, 0.2) is 36.5 Å². The van der Waals surface area contributed by atoms with Crippen molar-refractivity contribution in [1.82, 2.24) is 9.88 Å². The van der Waals surface area contributed by atoms with Gasteiger partial charge in [-0.05, 0) is 62.1 Å². The van der Waals surface area contributed by atoms with Crippen LogP contribution in [0.1, 0.15) is 48.3 Å². The molecule has 0 fully saturated rings. The highest BCUT2D eigenvalue weighted by molar-refractivity contribution is 5.92. The number of amides is 1. The van der Waals surface area contributed by atoms with Crippen molar-refractivity contribution in [3.63, 3.8) is 0 Å². The van der Waals surface area contributed by atoms with Gasteiger partial charge in [-0.25, -0.2) is 4.98 Å². The predicted molar refractivity (Wildman–Crippen MR) is 99.9 cm³/mol. The van der Waals surface area contributed by atoms with Crippen LogP contribution in [0.3, 0.4) is 0 Å². The van der Waals surface area contributed by atoms with Crippen LogP contribution in [0, 0.1) is 13.8 Å². The SMILES string of the molecule is CCCN(CCC)C(=O)c1ccc(Nc2cc(C)cc(C)c2)cn1. The van der Waals surface area contributed by atoms with Crippen LogP contribution in [0.25, 0.3) is 0 Å². The van der Waals surface area contributed by atoms with Crippen molar-refractivity contribution in [1.29, 1.82) is 0 Å². The Bertz CT molecular complexity index is 654. The minimum atomic E-state index is 0.0108. The number of aromatic nitrogens is 1. The average Bonchev–Trinajstić information content (AvgIpc) is 2.54. The summed E-state index contributed by atoms with van der Waals surface area (Å²) in [7, 11) is 0. The number of rotatable bonds is 7. The number of hydrogen-bond acceptors (Lipinski definition) is 3. The zero-order valence-corrected chi connectivity index (χ0v) is 15.1. The lowest BCUT2D eigenvalue weighted by Crippen LogP contribution is -2.33. The Kier molecular flexibility index (Phi) is 6.36. The Labute approximate surface area is 144 Å². The van der Waals surface area contributed by atoms with E-state index in [2.05, 4.69) is 56.2 Å². The van der Waals surface area contributed by atoms with Gasteiger partial charge in [0.1, 0.15) is 5.69 Å². The molecule has 1 amide bonds. The van der Waals surface area contributed by atoms with Gasteiger partial charge >= 0.3 is 0 Å². The maximum absolute atomic E-state index is 12.5. The maximum Gasteiger partial charge on any atom is 0.272 e. The molecule has 1 aromatic carbocycles. The summed E-state index contributed by atoms with van der Waals surface area (Å²) in [5.74, 6) is 0.0108. The quantitative estimate of drug-likeness (QED) is 0.802. The van der Waals surface area contributed by atoms with E-state index in [4.69, 9.17) is 0 Å². The summed E-state index contributed by atoms with van der Waals surface area (Å²) in [5, 5.41) is 3.34. The summed E-state index contributed by atoms with van der Waals surface area (Å²) < 4.78 is 0. The fourth-order valence-electron chi connectivity index (χ4n) is 2.82. The number of nitrogens with one attached hydrogen (secondary N) is 1. The standard InChI is InChI=1S/C20H27N3O/c1-5-9-23(10-6-2)20(24)19-8-7-17(14-21-19)22-18-12-15(3)11-16(4)13-18/h7-8,11-14,22H,5-6,9-10H2,1-4H3. The van der Waals surface area contributed by atoms with Gasteiger partial charge in [-0.15, -0.1) is 0 Å². The van der Waals surface area contributed by atoms with E-state index in [9.17, 15) is 4.79 Å². The number of nitrogens with zero attached hydrogens (tertiary/aromatic N) is 2. The molecular formula is C20H27N3O. The second-order valence-corrected chi connectivity index (χ2v) is 6.23. The van der Waals surface area contributed by atoms with Gasteiger partial charge in [0.05, 0.1) is 11.9 Å². The van der Waals surface area contributed by atoms with Crippen LogP contribution < -0.4 is 5.32 Å². The molecule has 1 aromatic heterocycles. The fourth-order valence-corrected chi connectivity index (χ4v) is 2.82. The second kappa shape index (κ2) is 8.48. The monoisotopic (exact) mass is 325 g/mol. The minimum Gasteiger partial charge on any atom is -0.354 e. The van der Waals surface area contributed by atoms with Gasteiger partial charge in [0, 0.05) is 18.8 Å². The Morgan fingerprint density at radius 2 is 1.62 bits per heavy atom. The Balaban J connectivity index is 2.10. The molecule has 0 atom stereocenters. The van der Waals surface area contributed by atoms with E-state index in [1.165, 1.54) is 11.1 Å². The van der Waals surface area contributed by atoms with E-state index in [0.717, 1.165) is 37.3 Å². The number of carbonyl (C=O) groups is 1. The molecule has 0 saturated heterocycles. The second-order valence-electron chi connectivity index (χ2n) is 6.23. The summed E-state index contributed by atoms with van der Waals surface area (Å²) >= 11 is 0. The highest BCUT2D eigenvalue weighted by Crippen LogP contribution is 2.19. The average molecular weight is 325 g/mol. The van der Waals surface area contributed by atoms with E-state index in [1.807, 2.05) is 11.0 Å². The Morgan fingerprint density at radius 3 is 2.12 bits per heavy atom. The van der Waals surface area contributed by atoms with E-state index >= 15 is 0 Å². The zero-order valence-electron chi connectivity index (χ0n) is 15.1. The van der Waals surface area contributed by atoms with Gasteiger partial charge in [-0.1, -0.05) is 19.9 Å². The van der Waals surface area contributed by atoms with Crippen molar-refractivity contribution in [3.05, 3.63) is 53.3 Å². The number of pyridine rings is 1. The van der Waals surface area contributed by atoms with Crippen LogP contribution in [0.2, 0.25) is 0 Å². The number of aryl methyl sites for hydroxylation is 2. The molecule has 128 valence electrons. The highest BCUT2D eigenvalue weighted by Gasteiger charge is 2.15. The first-order chi connectivity index (χ1) is 11.5. The first kappa shape index (κ1) is 18.0. The van der Waals surface area contributed by atoms with Crippen molar-refractivity contribution in [2.45, 2.75) is 40.5 Å². The van der Waals surface area contributed by atoms with Crippen molar-refractivity contribution >= 4 is 17.3 Å². The molecule has 4 heteroatoms. The molecule has 0 aliphatic heterocycles. The van der Waals surface area contributed by atoms with Crippen molar-refractivity contribution < 1.29 is 4.79 Å². The lowest BCUT2D eigenvalue weighted by Gasteiger charge is -2.21. The fraction of sp³-hybridized carbons (Fsp3) is 0.400. The molecule has 1 N–H and O–H groups in total. The van der Waals surface area contributed by atoms with Crippen molar-refractivity contribution in [2.75, 3.05) is 18.4 Å². The lowest BCUT2D eigenvalue weighted by molar-refractivity contribution is 0.0749. The van der Waals surface area contributed by atoms with Crippen LogP contribution >= 0.6 is 0 Å². The van der Waals surface area contributed by atoms with E-state index in [0.29, 0.717) is 5.69 Å². The molecule has 1 heterocycles. The highest BCUT2D eigenvalue weighted by atomic mass is 16.2. The van der Waals surface area contributed by atoms with Gasteiger partial charge in [-0.3, -0.25) is 4.79 Å². The molecule has 0 saturated carbocycles. The number of carbonyl (C=O) groups excluding carboxylic acids is 1. The van der Waals surface area contributed by atoms with Gasteiger partial charge in [0.15, 0.2) is 0 Å². The topological polar surface area (TPSA) is 45.2 Å². The lowest BCUT2D eigenvalue weighted by atomic mass is 10.1. The van der Waals surface area contributed by atoms with Gasteiger partial charge in [-0.2, -0.15) is 0 Å². The molecule has 0 radical (unpaired) electrons. The largest absolute Gasteiger partial charge is 0.354 e. The van der Waals surface area contributed by atoms with Crippen LogP contribution in [0.4, 0.5) is 11.4 Å². The summed E-state index contributed by atoms with van der Waals surface area (Å²) in [5.41, 5.74) is 4.85. The normalized spacial score (nSPS) is 10.5. The molecule has 4 nitrogen and oxygen atoms in total. The van der Waals surface area contributed by atoms with Crippen molar-refractivity contribution in [2.24, 2.45) is 0 Å². The van der Waals surface area contributed by atoms with Gasteiger partial charge in [0.25, 0.3) is 5.91 Å². The third-order valence-electron chi connectivity index (χ3n) is 3.77. The van der Waals surface area contributed by atoms with Gasteiger partial charge in [0.2, 0.25) is 0 Å². The molecule has 0 bridgehead atoms. The molecule has 0 unspecified atom stereocenters. The first-order valence-electron chi connectivity index (χ1n) is 8.64. The third kappa shape index (κ3) is 4.82. The van der Waals surface area contributed by atoms with Crippen molar-refractivity contribution in [3.8, 4) is 0 Å². The summed E-state index contributed by atoms with van der Waals surface area (Å²) in [6.45, 7) is 9.87. The molecule has 0 aliphatic rings. The van der Waals surface area contributed by atoms with Crippen LogP contribution in [-0.4, -0.2) is 28.9 Å². The Morgan fingerprint density at radius 1 is 1.00 bits per heavy atom. The smallest absolute Gasteiger partial charge is 0.272 e. The Hall–Kier alpha value is -2.36. The molecule has 0 aliphatic carbocycles.